The first-order valence-corrected chi connectivity index (χ1v) is 5.99. The van der Waals surface area contributed by atoms with Gasteiger partial charge in [-0.05, 0) is 5.56 Å². The Bertz CT molecular complexity index is 401. The van der Waals surface area contributed by atoms with Crippen molar-refractivity contribution in [1.29, 1.82) is 0 Å². The molecule has 1 aromatic rings. The highest BCUT2D eigenvalue weighted by atomic mass is 16.5. The van der Waals surface area contributed by atoms with Gasteiger partial charge in [0.1, 0.15) is 6.61 Å². The minimum Gasteiger partial charge on any atom is -0.463 e. The van der Waals surface area contributed by atoms with E-state index in [9.17, 15) is 9.59 Å². The first-order chi connectivity index (χ1) is 8.50. The van der Waals surface area contributed by atoms with Gasteiger partial charge in [0.25, 0.3) is 0 Å². The molecule has 0 fully saturated rings. The molecule has 1 aromatic carbocycles. The van der Waals surface area contributed by atoms with Gasteiger partial charge in [0, 0.05) is 12.8 Å². The summed E-state index contributed by atoms with van der Waals surface area (Å²) in [4.78, 5) is 22.6. The number of rotatable bonds is 5. The molecule has 0 radical (unpaired) electrons. The van der Waals surface area contributed by atoms with Gasteiger partial charge in [-0.1, -0.05) is 44.2 Å². The normalized spacial score (nSPS) is 12.0. The summed E-state index contributed by atoms with van der Waals surface area (Å²) in [6, 6.07) is 9.17. The number of hydrogen-bond donors (Lipinski definition) is 1. The molecule has 0 saturated heterocycles. The molecule has 0 aliphatic rings. The minimum absolute atomic E-state index is 0.0593. The van der Waals surface area contributed by atoms with E-state index in [0.29, 0.717) is 0 Å². The zero-order valence-electron chi connectivity index (χ0n) is 11.0. The van der Waals surface area contributed by atoms with Crippen LogP contribution in [0.1, 0.15) is 32.4 Å². The number of benzene rings is 1. The van der Waals surface area contributed by atoms with E-state index in [4.69, 9.17) is 4.74 Å². The van der Waals surface area contributed by atoms with Crippen molar-refractivity contribution >= 4 is 11.9 Å². The molecule has 0 bridgehead atoms. The third-order valence-corrected chi connectivity index (χ3v) is 2.50. The van der Waals surface area contributed by atoms with Crippen LogP contribution in [0.5, 0.6) is 0 Å². The number of hydrogen-bond acceptors (Lipinski definition) is 3. The lowest BCUT2D eigenvalue weighted by Crippen LogP contribution is -2.34. The smallest absolute Gasteiger partial charge is 0.302 e. The van der Waals surface area contributed by atoms with Crippen LogP contribution in [0.2, 0.25) is 0 Å². The molecule has 0 saturated carbocycles. The van der Waals surface area contributed by atoms with Crippen LogP contribution < -0.4 is 5.32 Å². The molecule has 4 nitrogen and oxygen atoms in total. The van der Waals surface area contributed by atoms with E-state index in [1.54, 1.807) is 0 Å². The largest absolute Gasteiger partial charge is 0.463 e. The van der Waals surface area contributed by atoms with Gasteiger partial charge >= 0.3 is 5.97 Å². The molecule has 0 aliphatic carbocycles. The molecule has 98 valence electrons. The number of esters is 1. The van der Waals surface area contributed by atoms with Crippen LogP contribution in [0, 0.1) is 5.92 Å². The summed E-state index contributed by atoms with van der Waals surface area (Å²) in [5, 5.41) is 2.87. The second-order valence-corrected chi connectivity index (χ2v) is 4.43. The van der Waals surface area contributed by atoms with Gasteiger partial charge < -0.3 is 10.1 Å². The summed E-state index contributed by atoms with van der Waals surface area (Å²) >= 11 is 0. The molecule has 1 rings (SSSR count). The molecular weight excluding hydrogens is 230 g/mol. The lowest BCUT2D eigenvalue weighted by molar-refractivity contribution is -0.142. The van der Waals surface area contributed by atoms with E-state index < -0.39 is 0 Å². The van der Waals surface area contributed by atoms with Crippen molar-refractivity contribution in [3.63, 3.8) is 0 Å². The van der Waals surface area contributed by atoms with E-state index in [0.717, 1.165) is 5.56 Å². The Morgan fingerprint density at radius 2 is 1.83 bits per heavy atom. The first kappa shape index (κ1) is 14.2. The van der Waals surface area contributed by atoms with Gasteiger partial charge in [-0.15, -0.1) is 0 Å². The Morgan fingerprint density at radius 3 is 2.33 bits per heavy atom. The molecule has 4 heteroatoms. The number of ether oxygens (including phenoxy) is 1. The van der Waals surface area contributed by atoms with Gasteiger partial charge in [0.05, 0.1) is 6.04 Å². The standard InChI is InChI=1S/C14H19NO3/c1-10(2)14(17)15-13(9-18-11(3)16)12-7-5-4-6-8-12/h4-8,10,13H,9H2,1-3H3,(H,15,17). The maximum Gasteiger partial charge on any atom is 0.302 e. The van der Waals surface area contributed by atoms with Crippen LogP contribution in [-0.2, 0) is 14.3 Å². The summed E-state index contributed by atoms with van der Waals surface area (Å²) in [6.45, 7) is 5.15. The van der Waals surface area contributed by atoms with Crippen molar-refractivity contribution < 1.29 is 14.3 Å². The molecule has 0 aromatic heterocycles. The van der Waals surface area contributed by atoms with Crippen LogP contribution in [0.3, 0.4) is 0 Å². The molecular formula is C14H19NO3. The Balaban J connectivity index is 2.75. The predicted octanol–water partition coefficient (Wildman–Crippen LogP) is 2.06. The molecule has 1 N–H and O–H groups in total. The highest BCUT2D eigenvalue weighted by Gasteiger charge is 2.17. The summed E-state index contributed by atoms with van der Waals surface area (Å²) in [5.41, 5.74) is 0.924. The van der Waals surface area contributed by atoms with Crippen molar-refractivity contribution in [3.05, 3.63) is 35.9 Å². The summed E-state index contributed by atoms with van der Waals surface area (Å²) < 4.78 is 4.99. The van der Waals surface area contributed by atoms with Gasteiger partial charge in [0.15, 0.2) is 0 Å². The number of carbonyl (C=O) groups excluding carboxylic acids is 2. The third kappa shape index (κ3) is 4.57. The lowest BCUT2D eigenvalue weighted by Gasteiger charge is -2.20. The van der Waals surface area contributed by atoms with E-state index in [-0.39, 0.29) is 30.4 Å². The second-order valence-electron chi connectivity index (χ2n) is 4.43. The highest BCUT2D eigenvalue weighted by Crippen LogP contribution is 2.14. The number of nitrogens with one attached hydrogen (secondary N) is 1. The van der Waals surface area contributed by atoms with E-state index in [1.807, 2.05) is 44.2 Å². The average Bonchev–Trinajstić information content (AvgIpc) is 2.34. The third-order valence-electron chi connectivity index (χ3n) is 2.50. The van der Waals surface area contributed by atoms with Crippen molar-refractivity contribution in [2.24, 2.45) is 5.92 Å². The maximum atomic E-state index is 11.7. The van der Waals surface area contributed by atoms with E-state index in [2.05, 4.69) is 5.32 Å². The molecule has 1 atom stereocenters. The summed E-state index contributed by atoms with van der Waals surface area (Å²) in [5.74, 6) is -0.515. The Labute approximate surface area is 107 Å². The fourth-order valence-electron chi connectivity index (χ4n) is 1.45. The highest BCUT2D eigenvalue weighted by molar-refractivity contribution is 5.78. The quantitative estimate of drug-likeness (QED) is 0.813. The van der Waals surface area contributed by atoms with Gasteiger partial charge in [0.2, 0.25) is 5.91 Å². The number of carbonyl (C=O) groups is 2. The predicted molar refractivity (Wildman–Crippen MR) is 68.8 cm³/mol. The van der Waals surface area contributed by atoms with Crippen LogP contribution in [0.4, 0.5) is 0 Å². The van der Waals surface area contributed by atoms with E-state index in [1.165, 1.54) is 6.92 Å². The lowest BCUT2D eigenvalue weighted by atomic mass is 10.1. The van der Waals surface area contributed by atoms with Crippen LogP contribution >= 0.6 is 0 Å². The zero-order chi connectivity index (χ0) is 13.5. The van der Waals surface area contributed by atoms with Gasteiger partial charge in [-0.2, -0.15) is 0 Å². The Hall–Kier alpha value is -1.84. The fraction of sp³-hybridized carbons (Fsp3) is 0.429. The van der Waals surface area contributed by atoms with Crippen LogP contribution in [0.25, 0.3) is 0 Å². The molecule has 1 unspecified atom stereocenters. The molecule has 18 heavy (non-hydrogen) atoms. The Morgan fingerprint density at radius 1 is 1.22 bits per heavy atom. The Kier molecular flexibility index (Phi) is 5.36. The van der Waals surface area contributed by atoms with Gasteiger partial charge in [-0.25, -0.2) is 0 Å². The van der Waals surface area contributed by atoms with Crippen molar-refractivity contribution in [1.82, 2.24) is 5.32 Å². The zero-order valence-corrected chi connectivity index (χ0v) is 11.0. The summed E-state index contributed by atoms with van der Waals surface area (Å²) in [6.07, 6.45) is 0. The number of amides is 1. The second kappa shape index (κ2) is 6.79. The molecule has 0 spiro atoms. The minimum atomic E-state index is -0.352. The fourth-order valence-corrected chi connectivity index (χ4v) is 1.45. The monoisotopic (exact) mass is 249 g/mol. The van der Waals surface area contributed by atoms with Crippen LogP contribution in [-0.4, -0.2) is 18.5 Å². The average molecular weight is 249 g/mol. The molecule has 0 aliphatic heterocycles. The first-order valence-electron chi connectivity index (χ1n) is 5.99. The van der Waals surface area contributed by atoms with Crippen molar-refractivity contribution in [2.75, 3.05) is 6.61 Å². The van der Waals surface area contributed by atoms with Crippen molar-refractivity contribution in [3.8, 4) is 0 Å². The SMILES string of the molecule is CC(=O)OCC(NC(=O)C(C)C)c1ccccc1. The summed E-state index contributed by atoms with van der Waals surface area (Å²) in [7, 11) is 0. The van der Waals surface area contributed by atoms with Crippen molar-refractivity contribution in [2.45, 2.75) is 26.8 Å². The molecule has 1 amide bonds. The van der Waals surface area contributed by atoms with Crippen LogP contribution in [0.15, 0.2) is 30.3 Å². The molecule has 0 heterocycles. The maximum absolute atomic E-state index is 11.7. The topological polar surface area (TPSA) is 55.4 Å². The van der Waals surface area contributed by atoms with Gasteiger partial charge in [-0.3, -0.25) is 9.59 Å². The van der Waals surface area contributed by atoms with E-state index >= 15 is 0 Å².